The lowest BCUT2D eigenvalue weighted by molar-refractivity contribution is -0.129. The fraction of sp³-hybridized carbons (Fsp3) is 0. The first kappa shape index (κ1) is 9.95. The van der Waals surface area contributed by atoms with Crippen LogP contribution in [0.25, 0.3) is 0 Å². The number of carboxylic acids is 1. The van der Waals surface area contributed by atoms with E-state index in [-0.39, 0.29) is 4.99 Å². The quantitative estimate of drug-likeness (QED) is 0.705. The molecule has 0 fully saturated rings. The van der Waals surface area contributed by atoms with Crippen LogP contribution >= 0.6 is 23.8 Å². The summed E-state index contributed by atoms with van der Waals surface area (Å²) in [5.74, 6) is -1.15. The van der Waals surface area contributed by atoms with Crippen molar-refractivity contribution >= 4 is 40.5 Å². The Kier molecular flexibility index (Phi) is 3.22. The second kappa shape index (κ2) is 4.20. The number of anilines is 1. The van der Waals surface area contributed by atoms with E-state index in [1.807, 2.05) is 0 Å². The van der Waals surface area contributed by atoms with E-state index < -0.39 is 5.97 Å². The largest absolute Gasteiger partial charge is 0.476 e. The zero-order valence-electron chi connectivity index (χ0n) is 6.45. The van der Waals surface area contributed by atoms with Crippen LogP contribution in [-0.4, -0.2) is 16.1 Å². The predicted molar refractivity (Wildman–Crippen MR) is 55.3 cm³/mol. The number of rotatable bonds is 1. The monoisotopic (exact) mass is 215 g/mol. The second-order valence-electron chi connectivity index (χ2n) is 2.27. The van der Waals surface area contributed by atoms with Crippen LogP contribution in [0.5, 0.6) is 0 Å². The molecule has 2 N–H and O–H groups in total. The normalized spacial score (nSPS) is 9.31. The number of hydrogen-bond donors (Lipinski definition) is 2. The minimum atomic E-state index is -1.15. The highest BCUT2D eigenvalue weighted by atomic mass is 35.5. The Hall–Kier alpha value is -1.13. The molecule has 5 heteroatoms. The summed E-state index contributed by atoms with van der Waals surface area (Å²) in [6.45, 7) is 0. The third-order valence-corrected chi connectivity index (χ3v) is 1.82. The molecular weight excluding hydrogens is 210 g/mol. The lowest BCUT2D eigenvalue weighted by Crippen LogP contribution is -2.19. The second-order valence-corrected chi connectivity index (χ2v) is 3.11. The van der Waals surface area contributed by atoms with Crippen LogP contribution in [0.3, 0.4) is 0 Å². The Bertz CT molecular complexity index is 337. The predicted octanol–water partition coefficient (Wildman–Crippen LogP) is 2.16. The lowest BCUT2D eigenvalue weighted by atomic mass is 10.3. The average Bonchev–Trinajstić information content (AvgIpc) is 2.08. The van der Waals surface area contributed by atoms with Gasteiger partial charge in [-0.25, -0.2) is 4.79 Å². The molecule has 0 radical (unpaired) electrons. The summed E-state index contributed by atoms with van der Waals surface area (Å²) in [5.41, 5.74) is 0.608. The van der Waals surface area contributed by atoms with Crippen molar-refractivity contribution in [3.8, 4) is 0 Å². The van der Waals surface area contributed by atoms with E-state index >= 15 is 0 Å². The molecule has 68 valence electrons. The Morgan fingerprint density at radius 3 is 2.38 bits per heavy atom. The summed E-state index contributed by atoms with van der Waals surface area (Å²) in [6.07, 6.45) is 0. The number of thiocarbonyl (C=S) groups is 1. The van der Waals surface area contributed by atoms with Gasteiger partial charge in [0.15, 0.2) is 4.99 Å². The molecule has 0 saturated carbocycles. The van der Waals surface area contributed by atoms with Gasteiger partial charge in [-0.1, -0.05) is 23.8 Å². The molecule has 1 aromatic rings. The molecule has 1 rings (SSSR count). The third-order valence-electron chi connectivity index (χ3n) is 1.30. The fourth-order valence-electron chi connectivity index (χ4n) is 0.718. The number of carboxylic acid groups (broad SMARTS) is 1. The summed E-state index contributed by atoms with van der Waals surface area (Å²) >= 11 is 10.2. The van der Waals surface area contributed by atoms with Gasteiger partial charge in [0, 0.05) is 10.7 Å². The number of hydrogen-bond acceptors (Lipinski definition) is 2. The topological polar surface area (TPSA) is 49.3 Å². The van der Waals surface area contributed by atoms with E-state index in [2.05, 4.69) is 17.5 Å². The lowest BCUT2D eigenvalue weighted by Gasteiger charge is -2.02. The standard InChI is InChI=1S/C8H6ClNO2S/c9-5-1-3-6(4-2-5)10-7(13)8(11)12/h1-4H,(H,10,13)(H,11,12). The maximum Gasteiger partial charge on any atom is 0.363 e. The third kappa shape index (κ3) is 3.01. The van der Waals surface area contributed by atoms with Crippen molar-refractivity contribution in [1.29, 1.82) is 0 Å². The van der Waals surface area contributed by atoms with Gasteiger partial charge in [-0.05, 0) is 24.3 Å². The maximum absolute atomic E-state index is 10.3. The minimum absolute atomic E-state index is 0.234. The highest BCUT2D eigenvalue weighted by Gasteiger charge is 2.05. The van der Waals surface area contributed by atoms with Crippen LogP contribution in [0.1, 0.15) is 0 Å². The van der Waals surface area contributed by atoms with E-state index in [0.29, 0.717) is 10.7 Å². The van der Waals surface area contributed by atoms with Gasteiger partial charge in [0.1, 0.15) is 0 Å². The van der Waals surface area contributed by atoms with Crippen molar-refractivity contribution < 1.29 is 9.90 Å². The highest BCUT2D eigenvalue weighted by Crippen LogP contribution is 2.13. The molecule has 0 aliphatic rings. The molecule has 0 aromatic heterocycles. The Morgan fingerprint density at radius 1 is 1.38 bits per heavy atom. The maximum atomic E-state index is 10.3. The first-order valence-electron chi connectivity index (χ1n) is 3.39. The molecule has 0 atom stereocenters. The molecule has 0 saturated heterocycles. The minimum Gasteiger partial charge on any atom is -0.476 e. The van der Waals surface area contributed by atoms with E-state index in [1.54, 1.807) is 24.3 Å². The van der Waals surface area contributed by atoms with Crippen molar-refractivity contribution in [2.75, 3.05) is 5.32 Å². The van der Waals surface area contributed by atoms with Gasteiger partial charge in [0.25, 0.3) is 0 Å². The number of carbonyl (C=O) groups is 1. The molecule has 0 aliphatic carbocycles. The van der Waals surface area contributed by atoms with Crippen molar-refractivity contribution in [3.05, 3.63) is 29.3 Å². The van der Waals surface area contributed by atoms with Crippen LogP contribution in [0.2, 0.25) is 5.02 Å². The van der Waals surface area contributed by atoms with Crippen LogP contribution < -0.4 is 5.32 Å². The van der Waals surface area contributed by atoms with Gasteiger partial charge in [0.2, 0.25) is 0 Å². The van der Waals surface area contributed by atoms with Crippen LogP contribution in [0, 0.1) is 0 Å². The van der Waals surface area contributed by atoms with E-state index in [1.165, 1.54) is 0 Å². The van der Waals surface area contributed by atoms with Crippen molar-refractivity contribution in [2.24, 2.45) is 0 Å². The molecular formula is C8H6ClNO2S. The van der Waals surface area contributed by atoms with Gasteiger partial charge in [-0.2, -0.15) is 0 Å². The molecule has 0 unspecified atom stereocenters. The Labute approximate surface area is 85.3 Å². The fourth-order valence-corrected chi connectivity index (χ4v) is 0.962. The number of benzene rings is 1. The van der Waals surface area contributed by atoms with Gasteiger partial charge in [-0.3, -0.25) is 0 Å². The van der Waals surface area contributed by atoms with Gasteiger partial charge in [0.05, 0.1) is 0 Å². The van der Waals surface area contributed by atoms with Gasteiger partial charge < -0.3 is 10.4 Å². The van der Waals surface area contributed by atoms with Crippen LogP contribution in [-0.2, 0) is 4.79 Å². The molecule has 0 amide bonds. The summed E-state index contributed by atoms with van der Waals surface area (Å²) in [4.78, 5) is 10.1. The number of halogens is 1. The molecule has 13 heavy (non-hydrogen) atoms. The molecule has 1 aromatic carbocycles. The summed E-state index contributed by atoms with van der Waals surface area (Å²) in [5, 5.41) is 11.6. The number of nitrogens with one attached hydrogen (secondary N) is 1. The van der Waals surface area contributed by atoms with E-state index in [9.17, 15) is 4.79 Å². The SMILES string of the molecule is O=C(O)C(=S)Nc1ccc(Cl)cc1. The van der Waals surface area contributed by atoms with Gasteiger partial charge >= 0.3 is 5.97 Å². The first-order chi connectivity index (χ1) is 6.09. The molecule has 0 aliphatic heterocycles. The Balaban J connectivity index is 2.70. The average molecular weight is 216 g/mol. The summed E-state index contributed by atoms with van der Waals surface area (Å²) < 4.78 is 0. The van der Waals surface area contributed by atoms with Crippen LogP contribution in [0.15, 0.2) is 24.3 Å². The zero-order chi connectivity index (χ0) is 9.84. The molecule has 0 bridgehead atoms. The van der Waals surface area contributed by atoms with Crippen molar-refractivity contribution in [1.82, 2.24) is 0 Å². The van der Waals surface area contributed by atoms with Crippen molar-refractivity contribution in [3.63, 3.8) is 0 Å². The smallest absolute Gasteiger partial charge is 0.363 e. The summed E-state index contributed by atoms with van der Waals surface area (Å²) in [6, 6.07) is 6.60. The zero-order valence-corrected chi connectivity index (χ0v) is 8.02. The van der Waals surface area contributed by atoms with Gasteiger partial charge in [-0.15, -0.1) is 0 Å². The molecule has 0 heterocycles. The van der Waals surface area contributed by atoms with E-state index in [0.717, 1.165) is 0 Å². The highest BCUT2D eigenvalue weighted by molar-refractivity contribution is 7.82. The van der Waals surface area contributed by atoms with Crippen LogP contribution in [0.4, 0.5) is 5.69 Å². The van der Waals surface area contributed by atoms with E-state index in [4.69, 9.17) is 16.7 Å². The van der Waals surface area contributed by atoms with Crippen molar-refractivity contribution in [2.45, 2.75) is 0 Å². The molecule has 3 nitrogen and oxygen atoms in total. The Morgan fingerprint density at radius 2 is 1.92 bits per heavy atom. The number of aliphatic carboxylic acids is 1. The first-order valence-corrected chi connectivity index (χ1v) is 4.18. The summed E-state index contributed by atoms with van der Waals surface area (Å²) in [7, 11) is 0. The molecule has 0 spiro atoms.